The van der Waals surface area contributed by atoms with Crippen LogP contribution in [0.25, 0.3) is 0 Å². The molecule has 1 aliphatic rings. The van der Waals surface area contributed by atoms with Crippen molar-refractivity contribution in [1.29, 1.82) is 0 Å². The van der Waals surface area contributed by atoms with Gasteiger partial charge in [0.05, 0.1) is 13.3 Å². The van der Waals surface area contributed by atoms with Crippen molar-refractivity contribution in [3.05, 3.63) is 12.2 Å². The van der Waals surface area contributed by atoms with Crippen molar-refractivity contribution in [2.75, 3.05) is 26.9 Å². The normalized spacial score (nSPS) is 14.2. The molecule has 24 heavy (non-hydrogen) atoms. The number of carbonyl (C=O) groups excluding carboxylic acids is 4. The molecule has 0 aromatic carbocycles. The molecule has 9 heteroatoms. The van der Waals surface area contributed by atoms with Crippen LogP contribution in [0.15, 0.2) is 12.2 Å². The average molecular weight is 340 g/mol. The van der Waals surface area contributed by atoms with Gasteiger partial charge in [-0.3, -0.25) is 28.9 Å². The maximum Gasteiger partial charge on any atom is 0.253 e. The van der Waals surface area contributed by atoms with Crippen molar-refractivity contribution in [2.24, 2.45) is 5.41 Å². The highest BCUT2D eigenvalue weighted by Gasteiger charge is 2.24. The zero-order valence-electron chi connectivity index (χ0n) is 14.2. The van der Waals surface area contributed by atoms with Crippen molar-refractivity contribution in [1.82, 2.24) is 21.0 Å². The van der Waals surface area contributed by atoms with Crippen LogP contribution in [-0.4, -0.2) is 55.4 Å². The van der Waals surface area contributed by atoms with Gasteiger partial charge in [-0.2, -0.15) is 5.48 Å². The number of amides is 4. The first-order valence-electron chi connectivity index (χ1n) is 7.60. The smallest absolute Gasteiger partial charge is 0.253 e. The number of hydrogen-bond donors (Lipinski definition) is 3. The summed E-state index contributed by atoms with van der Waals surface area (Å²) >= 11 is 0. The summed E-state index contributed by atoms with van der Waals surface area (Å²) in [6.07, 6.45) is 2.69. The lowest BCUT2D eigenvalue weighted by atomic mass is 9.90. The molecule has 0 unspecified atom stereocenters. The molecule has 1 aliphatic heterocycles. The van der Waals surface area contributed by atoms with Crippen molar-refractivity contribution in [3.63, 3.8) is 0 Å². The number of carbonyl (C=O) groups is 4. The van der Waals surface area contributed by atoms with E-state index in [4.69, 9.17) is 4.84 Å². The van der Waals surface area contributed by atoms with E-state index in [-0.39, 0.29) is 36.9 Å². The van der Waals surface area contributed by atoms with E-state index in [1.807, 2.05) is 13.8 Å². The van der Waals surface area contributed by atoms with Crippen LogP contribution in [0.2, 0.25) is 0 Å². The molecule has 1 rings (SSSR count). The summed E-state index contributed by atoms with van der Waals surface area (Å²) in [5.74, 6) is -1.21. The van der Waals surface area contributed by atoms with Gasteiger partial charge in [-0.15, -0.1) is 0 Å². The predicted molar refractivity (Wildman–Crippen MR) is 85.0 cm³/mol. The summed E-state index contributed by atoms with van der Waals surface area (Å²) in [5, 5.41) is 5.10. The van der Waals surface area contributed by atoms with E-state index in [0.29, 0.717) is 13.0 Å². The van der Waals surface area contributed by atoms with Gasteiger partial charge in [0.25, 0.3) is 11.8 Å². The Morgan fingerprint density at radius 1 is 1.17 bits per heavy atom. The van der Waals surface area contributed by atoms with E-state index in [2.05, 4.69) is 16.1 Å². The van der Waals surface area contributed by atoms with Crippen LogP contribution < -0.4 is 16.1 Å². The molecular weight excluding hydrogens is 316 g/mol. The topological polar surface area (TPSA) is 117 Å². The second kappa shape index (κ2) is 9.14. The molecule has 0 saturated heterocycles. The number of nitrogens with one attached hydrogen (secondary N) is 3. The third kappa shape index (κ3) is 6.88. The highest BCUT2D eigenvalue weighted by molar-refractivity contribution is 6.13. The summed E-state index contributed by atoms with van der Waals surface area (Å²) in [7, 11) is 1.58. The van der Waals surface area contributed by atoms with E-state index < -0.39 is 11.8 Å². The quantitative estimate of drug-likeness (QED) is 0.204. The van der Waals surface area contributed by atoms with Crippen molar-refractivity contribution < 1.29 is 24.0 Å². The van der Waals surface area contributed by atoms with E-state index in [9.17, 15) is 19.2 Å². The number of rotatable bonds is 10. The molecule has 0 radical (unpaired) electrons. The Morgan fingerprint density at radius 3 is 2.38 bits per heavy atom. The van der Waals surface area contributed by atoms with E-state index in [0.717, 1.165) is 4.90 Å². The van der Waals surface area contributed by atoms with Crippen molar-refractivity contribution in [2.45, 2.75) is 26.7 Å². The Morgan fingerprint density at radius 2 is 1.79 bits per heavy atom. The number of imide groups is 1. The van der Waals surface area contributed by atoms with Gasteiger partial charge >= 0.3 is 0 Å². The first-order valence-corrected chi connectivity index (χ1v) is 7.60. The Balaban J connectivity index is 2.12. The second-order valence-electron chi connectivity index (χ2n) is 6.14. The molecule has 0 aliphatic carbocycles. The molecule has 0 atom stereocenters. The monoisotopic (exact) mass is 340 g/mol. The summed E-state index contributed by atoms with van der Waals surface area (Å²) in [6.45, 7) is 4.19. The van der Waals surface area contributed by atoms with Crippen LogP contribution in [0.1, 0.15) is 26.7 Å². The summed E-state index contributed by atoms with van der Waals surface area (Å²) in [4.78, 5) is 51.8. The van der Waals surface area contributed by atoms with Crippen molar-refractivity contribution >= 4 is 23.6 Å². The molecule has 0 spiro atoms. The highest BCUT2D eigenvalue weighted by Crippen LogP contribution is 2.19. The summed E-state index contributed by atoms with van der Waals surface area (Å²) in [6, 6.07) is 0. The standard InChI is InChI=1S/C15H24N4O5/c1-15(2,8-12(21)16-3)9-24-18-10-17-11(20)6-7-19-13(22)4-5-14(19)23/h4-5,18H,6-10H2,1-3H3,(H,16,21)(H,17,20). The molecule has 1 heterocycles. The van der Waals surface area contributed by atoms with Gasteiger partial charge < -0.3 is 10.6 Å². The van der Waals surface area contributed by atoms with Gasteiger partial charge in [0.15, 0.2) is 0 Å². The lowest BCUT2D eigenvalue weighted by Gasteiger charge is -2.23. The van der Waals surface area contributed by atoms with Crippen LogP contribution in [0.5, 0.6) is 0 Å². The Hall–Kier alpha value is -2.26. The Bertz CT molecular complexity index is 512. The number of nitrogens with zero attached hydrogens (tertiary/aromatic N) is 1. The number of hydroxylamine groups is 1. The minimum absolute atomic E-state index is 0.0169. The molecule has 0 saturated carbocycles. The van der Waals surface area contributed by atoms with E-state index >= 15 is 0 Å². The second-order valence-corrected chi connectivity index (χ2v) is 6.14. The molecule has 9 nitrogen and oxygen atoms in total. The lowest BCUT2D eigenvalue weighted by Crippen LogP contribution is -2.39. The maximum absolute atomic E-state index is 11.6. The molecule has 0 aromatic heterocycles. The van der Waals surface area contributed by atoms with E-state index in [1.54, 1.807) is 7.05 Å². The Labute approximate surface area is 140 Å². The zero-order chi connectivity index (χ0) is 18.2. The van der Waals surface area contributed by atoms with Crippen LogP contribution in [0.4, 0.5) is 0 Å². The molecule has 0 aromatic rings. The molecule has 3 N–H and O–H groups in total. The first kappa shape index (κ1) is 19.8. The largest absolute Gasteiger partial charge is 0.359 e. The summed E-state index contributed by atoms with van der Waals surface area (Å²) < 4.78 is 0. The molecule has 134 valence electrons. The van der Waals surface area contributed by atoms with Gasteiger partial charge in [-0.1, -0.05) is 13.8 Å². The maximum atomic E-state index is 11.6. The fourth-order valence-electron chi connectivity index (χ4n) is 1.96. The fraction of sp³-hybridized carbons (Fsp3) is 0.600. The minimum Gasteiger partial charge on any atom is -0.359 e. The molecule has 4 amide bonds. The number of hydrogen-bond acceptors (Lipinski definition) is 6. The molecular formula is C15H24N4O5. The van der Waals surface area contributed by atoms with Gasteiger partial charge in [-0.05, 0) is 5.41 Å². The third-order valence-corrected chi connectivity index (χ3v) is 3.30. The average Bonchev–Trinajstić information content (AvgIpc) is 2.83. The zero-order valence-corrected chi connectivity index (χ0v) is 14.2. The van der Waals surface area contributed by atoms with Crippen LogP contribution in [0, 0.1) is 5.41 Å². The summed E-state index contributed by atoms with van der Waals surface area (Å²) in [5.41, 5.74) is 2.24. The predicted octanol–water partition coefficient (Wildman–Crippen LogP) is -0.941. The molecule has 0 fully saturated rings. The van der Waals surface area contributed by atoms with Crippen LogP contribution in [-0.2, 0) is 24.0 Å². The first-order chi connectivity index (χ1) is 11.2. The SMILES string of the molecule is CNC(=O)CC(C)(C)CONCNC(=O)CCN1C(=O)C=CC1=O. The highest BCUT2D eigenvalue weighted by atomic mass is 16.6. The fourth-order valence-corrected chi connectivity index (χ4v) is 1.96. The third-order valence-electron chi connectivity index (χ3n) is 3.30. The van der Waals surface area contributed by atoms with E-state index in [1.165, 1.54) is 12.2 Å². The van der Waals surface area contributed by atoms with Crippen LogP contribution >= 0.6 is 0 Å². The van der Waals surface area contributed by atoms with Gasteiger partial charge in [-0.25, -0.2) is 0 Å². The minimum atomic E-state index is -0.410. The van der Waals surface area contributed by atoms with Gasteiger partial charge in [0.1, 0.15) is 0 Å². The molecule has 0 bridgehead atoms. The Kier molecular flexibility index (Phi) is 7.53. The van der Waals surface area contributed by atoms with Gasteiger partial charge in [0, 0.05) is 38.6 Å². The van der Waals surface area contributed by atoms with Gasteiger partial charge in [0.2, 0.25) is 11.8 Å². The van der Waals surface area contributed by atoms with Crippen LogP contribution in [0.3, 0.4) is 0 Å². The van der Waals surface area contributed by atoms with Crippen molar-refractivity contribution in [3.8, 4) is 0 Å². The lowest BCUT2D eigenvalue weighted by molar-refractivity contribution is -0.137.